The normalized spacial score (nSPS) is 24.5. The van der Waals surface area contributed by atoms with Gasteiger partial charge in [-0.25, -0.2) is 0 Å². The van der Waals surface area contributed by atoms with Crippen LogP contribution in [0.1, 0.15) is 35.9 Å². The topological polar surface area (TPSA) is 3.24 Å². The van der Waals surface area contributed by atoms with Crippen LogP contribution in [-0.4, -0.2) is 32.4 Å². The summed E-state index contributed by atoms with van der Waals surface area (Å²) in [7, 11) is 0. The van der Waals surface area contributed by atoms with Gasteiger partial charge in [0.2, 0.25) is 0 Å². The molecule has 2 heteroatoms. The fraction of sp³-hybridized carbons (Fsp3) is 0.286. The molecule has 4 atom stereocenters. The van der Waals surface area contributed by atoms with Crippen LogP contribution in [-0.2, 0) is 0 Å². The molecule has 1 nitrogen and oxygen atoms in total. The maximum absolute atomic E-state index is 2.83. The number of hydrogen-bond acceptors (Lipinski definition) is 1. The number of rotatable bonds is 6. The quantitative estimate of drug-likeness (QED) is 0.343. The van der Waals surface area contributed by atoms with E-state index in [4.69, 9.17) is 0 Å². The van der Waals surface area contributed by atoms with Crippen molar-refractivity contribution in [3.63, 3.8) is 0 Å². The minimum atomic E-state index is 0.473. The number of hydrogen-bond donors (Lipinski definition) is 0. The Labute approximate surface area is 187 Å². The maximum atomic E-state index is 2.83. The van der Waals surface area contributed by atoms with Crippen molar-refractivity contribution >= 4 is 19.4 Å². The second-order valence-corrected chi connectivity index (χ2v) is 10.7. The van der Waals surface area contributed by atoms with Gasteiger partial charge >= 0.3 is 187 Å². The average Bonchev–Trinajstić information content (AvgIpc) is 3.21. The molecule has 5 rings (SSSR count). The van der Waals surface area contributed by atoms with Crippen molar-refractivity contribution in [2.75, 3.05) is 6.54 Å². The van der Waals surface area contributed by atoms with Gasteiger partial charge < -0.3 is 0 Å². The monoisotopic (exact) mass is 459 g/mol. The molecule has 0 unspecified atom stereocenters. The van der Waals surface area contributed by atoms with Crippen molar-refractivity contribution in [3.8, 4) is 0 Å². The number of fused-ring (bicyclic) bond motifs is 1. The van der Waals surface area contributed by atoms with Crippen LogP contribution in [0.5, 0.6) is 0 Å². The minimum absolute atomic E-state index is 0.473. The van der Waals surface area contributed by atoms with Gasteiger partial charge in [0.1, 0.15) is 0 Å². The SMILES string of the molecule is C1=C[C@@H]2[C@@H](CC1)[C@@H](c1ccccc1)CN2[C@@H](C[Se]c1ccccc1)c1ccccc1. The molecule has 0 saturated carbocycles. The van der Waals surface area contributed by atoms with Crippen LogP contribution in [0.3, 0.4) is 0 Å². The van der Waals surface area contributed by atoms with Crippen LogP contribution in [0, 0.1) is 5.92 Å². The Morgan fingerprint density at radius 1 is 0.833 bits per heavy atom. The zero-order valence-electron chi connectivity index (χ0n) is 17.3. The van der Waals surface area contributed by atoms with Gasteiger partial charge in [-0.2, -0.15) is 0 Å². The number of nitrogens with zero attached hydrogens (tertiary/aromatic N) is 1. The molecule has 1 aliphatic carbocycles. The molecule has 0 radical (unpaired) electrons. The van der Waals surface area contributed by atoms with Gasteiger partial charge in [0.25, 0.3) is 0 Å². The zero-order valence-corrected chi connectivity index (χ0v) is 19.0. The molecule has 1 aliphatic heterocycles. The van der Waals surface area contributed by atoms with Gasteiger partial charge in [0, 0.05) is 0 Å². The Hall–Kier alpha value is -2.12. The van der Waals surface area contributed by atoms with Crippen molar-refractivity contribution in [1.29, 1.82) is 0 Å². The summed E-state index contributed by atoms with van der Waals surface area (Å²) in [5, 5.41) is 1.22. The zero-order chi connectivity index (χ0) is 20.2. The first-order chi connectivity index (χ1) is 14.9. The van der Waals surface area contributed by atoms with Gasteiger partial charge in [0.15, 0.2) is 0 Å². The van der Waals surface area contributed by atoms with E-state index in [0.29, 0.717) is 33.0 Å². The molecule has 0 bridgehead atoms. The Morgan fingerprint density at radius 2 is 1.50 bits per heavy atom. The molecule has 0 aromatic heterocycles. The molecule has 0 N–H and O–H groups in total. The predicted molar refractivity (Wildman–Crippen MR) is 127 cm³/mol. The van der Waals surface area contributed by atoms with Crippen LogP contribution in [0.15, 0.2) is 103 Å². The predicted octanol–water partition coefficient (Wildman–Crippen LogP) is 5.61. The van der Waals surface area contributed by atoms with E-state index in [1.165, 1.54) is 33.7 Å². The van der Waals surface area contributed by atoms with Crippen LogP contribution >= 0.6 is 0 Å². The summed E-state index contributed by atoms with van der Waals surface area (Å²) < 4.78 is 1.50. The van der Waals surface area contributed by atoms with Crippen LogP contribution in [0.4, 0.5) is 0 Å². The van der Waals surface area contributed by atoms with E-state index in [1.54, 1.807) is 0 Å². The van der Waals surface area contributed by atoms with Gasteiger partial charge in [-0.1, -0.05) is 0 Å². The average molecular weight is 459 g/mol. The molecular formula is C28H29NSe. The summed E-state index contributed by atoms with van der Waals surface area (Å²) in [6, 6.07) is 34.6. The summed E-state index contributed by atoms with van der Waals surface area (Å²) in [5.41, 5.74) is 2.99. The molecular weight excluding hydrogens is 429 g/mol. The summed E-state index contributed by atoms with van der Waals surface area (Å²) in [5.74, 6) is 1.37. The van der Waals surface area contributed by atoms with Crippen molar-refractivity contribution in [2.45, 2.75) is 36.2 Å². The van der Waals surface area contributed by atoms with E-state index >= 15 is 0 Å². The molecule has 2 aliphatic rings. The summed E-state index contributed by atoms with van der Waals surface area (Å²) in [4.78, 5) is 2.83. The third kappa shape index (κ3) is 4.18. The van der Waals surface area contributed by atoms with Crippen LogP contribution in [0.25, 0.3) is 0 Å². The third-order valence-electron chi connectivity index (χ3n) is 6.71. The van der Waals surface area contributed by atoms with E-state index < -0.39 is 0 Å². The second kappa shape index (κ2) is 9.35. The van der Waals surface area contributed by atoms with Gasteiger partial charge in [-0.05, 0) is 0 Å². The molecule has 1 fully saturated rings. The van der Waals surface area contributed by atoms with E-state index in [2.05, 4.69) is 108 Å². The van der Waals surface area contributed by atoms with E-state index in [0.717, 1.165) is 12.5 Å². The summed E-state index contributed by atoms with van der Waals surface area (Å²) >= 11 is 0.473. The number of likely N-dealkylation sites (tertiary alicyclic amines) is 1. The van der Waals surface area contributed by atoms with Gasteiger partial charge in [-0.15, -0.1) is 0 Å². The van der Waals surface area contributed by atoms with Crippen LogP contribution in [0.2, 0.25) is 5.32 Å². The Kier molecular flexibility index (Phi) is 6.18. The summed E-state index contributed by atoms with van der Waals surface area (Å²) in [6.07, 6.45) is 7.47. The Bertz CT molecular complexity index is 954. The fourth-order valence-corrected chi connectivity index (χ4v) is 7.53. The van der Waals surface area contributed by atoms with E-state index in [-0.39, 0.29) is 0 Å². The Balaban J connectivity index is 1.46. The molecule has 1 saturated heterocycles. The Morgan fingerprint density at radius 3 is 2.23 bits per heavy atom. The fourth-order valence-electron chi connectivity index (χ4n) is 5.26. The molecule has 3 aromatic rings. The number of allylic oxidation sites excluding steroid dienone is 1. The van der Waals surface area contributed by atoms with E-state index in [1.807, 2.05) is 0 Å². The van der Waals surface area contributed by atoms with Crippen molar-refractivity contribution in [1.82, 2.24) is 4.90 Å². The van der Waals surface area contributed by atoms with Crippen molar-refractivity contribution < 1.29 is 0 Å². The third-order valence-corrected chi connectivity index (χ3v) is 8.99. The summed E-state index contributed by atoms with van der Waals surface area (Å²) in [6.45, 7) is 1.16. The van der Waals surface area contributed by atoms with Crippen LogP contribution < -0.4 is 4.46 Å². The first kappa shape index (κ1) is 19.8. The first-order valence-corrected chi connectivity index (χ1v) is 13.2. The molecule has 1 heterocycles. The first-order valence-electron chi connectivity index (χ1n) is 11.1. The number of benzene rings is 3. The molecule has 0 spiro atoms. The molecule has 0 amide bonds. The van der Waals surface area contributed by atoms with E-state index in [9.17, 15) is 0 Å². The molecule has 152 valence electrons. The second-order valence-electron chi connectivity index (χ2n) is 8.42. The van der Waals surface area contributed by atoms with Crippen molar-refractivity contribution in [2.24, 2.45) is 5.92 Å². The molecule has 30 heavy (non-hydrogen) atoms. The standard InChI is InChI=1S/C28H29NSe/c1-4-12-22(13-5-1)26-20-29(27-19-11-10-18-25(26)27)28(23-14-6-2-7-15-23)21-30-24-16-8-3-9-17-24/h1-9,11-17,19,25-28H,10,18,20-21H2/t25-,26+,27+,28-/m0/s1. The van der Waals surface area contributed by atoms with Gasteiger partial charge in [0.05, 0.1) is 0 Å². The van der Waals surface area contributed by atoms with Crippen molar-refractivity contribution in [3.05, 3.63) is 114 Å². The van der Waals surface area contributed by atoms with Gasteiger partial charge in [-0.3, -0.25) is 0 Å². The molecule has 3 aromatic carbocycles.